The van der Waals surface area contributed by atoms with E-state index >= 15 is 0 Å². The maximum Gasteiger partial charge on any atom is 0.180 e. The summed E-state index contributed by atoms with van der Waals surface area (Å²) < 4.78 is 1.92. The molecule has 6 heteroatoms. The lowest BCUT2D eigenvalue weighted by molar-refractivity contribution is 0.0456. The molecule has 0 saturated carbocycles. The Hall–Kier alpha value is -1.82. The Morgan fingerprint density at radius 2 is 2.00 bits per heavy atom. The van der Waals surface area contributed by atoms with Crippen LogP contribution in [0.5, 0.6) is 0 Å². The molecule has 0 aromatic carbocycles. The van der Waals surface area contributed by atoms with Crippen LogP contribution in [0.15, 0.2) is 18.6 Å². The Morgan fingerprint density at radius 3 is 2.65 bits per heavy atom. The zero-order valence-corrected chi connectivity index (χ0v) is 12.3. The molecule has 110 valence electrons. The predicted molar refractivity (Wildman–Crippen MR) is 81.2 cm³/mol. The zero-order valence-electron chi connectivity index (χ0n) is 12.3. The van der Waals surface area contributed by atoms with Gasteiger partial charge in [0.1, 0.15) is 5.82 Å². The van der Waals surface area contributed by atoms with Crippen molar-refractivity contribution in [2.24, 2.45) is 0 Å². The first kappa shape index (κ1) is 14.6. The van der Waals surface area contributed by atoms with E-state index in [4.69, 9.17) is 0 Å². The van der Waals surface area contributed by atoms with Crippen LogP contribution in [0.1, 0.15) is 33.6 Å². The lowest BCUT2D eigenvalue weighted by Crippen LogP contribution is -2.35. The van der Waals surface area contributed by atoms with Gasteiger partial charge in [-0.15, -0.1) is 0 Å². The van der Waals surface area contributed by atoms with Gasteiger partial charge in [-0.1, -0.05) is 13.8 Å². The quantitative estimate of drug-likeness (QED) is 0.723. The predicted octanol–water partition coefficient (Wildman–Crippen LogP) is 2.12. The van der Waals surface area contributed by atoms with E-state index in [1.54, 1.807) is 6.20 Å². The standard InChI is InChI=1S/C14H23N5O/c1-4-14(20,5-2)10-17-12-13-16-7-8-19(13)9-11(18-12)15-6-3/h7-9,15,20H,4-6,10H2,1-3H3,(H,17,18). The minimum atomic E-state index is -0.709. The second kappa shape index (κ2) is 6.09. The van der Waals surface area contributed by atoms with Gasteiger partial charge in [0.05, 0.1) is 11.8 Å². The summed E-state index contributed by atoms with van der Waals surface area (Å²) in [4.78, 5) is 8.82. The summed E-state index contributed by atoms with van der Waals surface area (Å²) in [7, 11) is 0. The molecule has 3 N–H and O–H groups in total. The highest BCUT2D eigenvalue weighted by Crippen LogP contribution is 2.19. The van der Waals surface area contributed by atoms with Crippen molar-refractivity contribution in [1.82, 2.24) is 14.4 Å². The average molecular weight is 277 g/mol. The number of hydrogen-bond acceptors (Lipinski definition) is 5. The topological polar surface area (TPSA) is 74.5 Å². The van der Waals surface area contributed by atoms with E-state index in [0.717, 1.165) is 18.0 Å². The Kier molecular flexibility index (Phi) is 4.44. The molecule has 2 heterocycles. The minimum Gasteiger partial charge on any atom is -0.388 e. The fourth-order valence-electron chi connectivity index (χ4n) is 2.06. The molecule has 0 aliphatic carbocycles. The second-order valence-electron chi connectivity index (χ2n) is 4.95. The lowest BCUT2D eigenvalue weighted by atomic mass is 9.98. The van der Waals surface area contributed by atoms with Crippen LogP contribution in [0.2, 0.25) is 0 Å². The van der Waals surface area contributed by atoms with Crippen LogP contribution in [0.4, 0.5) is 11.6 Å². The van der Waals surface area contributed by atoms with Crippen molar-refractivity contribution < 1.29 is 5.11 Å². The van der Waals surface area contributed by atoms with Crippen molar-refractivity contribution in [2.45, 2.75) is 39.2 Å². The Labute approximate surface area is 119 Å². The smallest absolute Gasteiger partial charge is 0.180 e. The number of aliphatic hydroxyl groups is 1. The fraction of sp³-hybridized carbons (Fsp3) is 0.571. The first-order valence-electron chi connectivity index (χ1n) is 7.15. The number of nitrogens with zero attached hydrogens (tertiary/aromatic N) is 3. The number of anilines is 2. The number of aromatic nitrogens is 3. The summed E-state index contributed by atoms with van der Waals surface area (Å²) in [5, 5.41) is 16.8. The third-order valence-electron chi connectivity index (χ3n) is 3.63. The number of nitrogens with one attached hydrogen (secondary N) is 2. The highest BCUT2D eigenvalue weighted by Gasteiger charge is 2.22. The monoisotopic (exact) mass is 277 g/mol. The Bertz CT molecular complexity index is 562. The van der Waals surface area contributed by atoms with Gasteiger partial charge in [0.25, 0.3) is 0 Å². The summed E-state index contributed by atoms with van der Waals surface area (Å²) in [6, 6.07) is 0. The molecule has 2 rings (SSSR count). The molecule has 2 aromatic heterocycles. The highest BCUT2D eigenvalue weighted by molar-refractivity contribution is 5.65. The number of imidazole rings is 1. The van der Waals surface area contributed by atoms with Gasteiger partial charge in [0.2, 0.25) is 0 Å². The molecule has 0 bridgehead atoms. The molecule has 0 spiro atoms. The van der Waals surface area contributed by atoms with Crippen LogP contribution in [-0.4, -0.2) is 38.2 Å². The van der Waals surface area contributed by atoms with Crippen molar-refractivity contribution in [3.63, 3.8) is 0 Å². The van der Waals surface area contributed by atoms with Gasteiger partial charge in [0.15, 0.2) is 11.5 Å². The summed E-state index contributed by atoms with van der Waals surface area (Å²) >= 11 is 0. The summed E-state index contributed by atoms with van der Waals surface area (Å²) in [5.41, 5.74) is 0.0561. The van der Waals surface area contributed by atoms with E-state index in [9.17, 15) is 5.11 Å². The van der Waals surface area contributed by atoms with Crippen molar-refractivity contribution in [1.29, 1.82) is 0 Å². The van der Waals surface area contributed by atoms with Crippen LogP contribution in [0.25, 0.3) is 5.65 Å². The molecule has 0 fully saturated rings. The van der Waals surface area contributed by atoms with E-state index in [1.807, 2.05) is 37.6 Å². The third-order valence-corrected chi connectivity index (χ3v) is 3.63. The summed E-state index contributed by atoms with van der Waals surface area (Å²) in [5.74, 6) is 1.48. The van der Waals surface area contributed by atoms with Crippen molar-refractivity contribution in [3.05, 3.63) is 18.6 Å². The van der Waals surface area contributed by atoms with Crippen molar-refractivity contribution >= 4 is 17.3 Å². The molecule has 20 heavy (non-hydrogen) atoms. The molecule has 6 nitrogen and oxygen atoms in total. The molecule has 2 aromatic rings. The van der Waals surface area contributed by atoms with Crippen LogP contribution in [-0.2, 0) is 0 Å². The number of fused-ring (bicyclic) bond motifs is 1. The largest absolute Gasteiger partial charge is 0.388 e. The van der Waals surface area contributed by atoms with Gasteiger partial charge >= 0.3 is 0 Å². The van der Waals surface area contributed by atoms with Crippen molar-refractivity contribution in [3.8, 4) is 0 Å². The van der Waals surface area contributed by atoms with Crippen LogP contribution in [0.3, 0.4) is 0 Å². The van der Waals surface area contributed by atoms with Gasteiger partial charge in [-0.3, -0.25) is 0 Å². The van der Waals surface area contributed by atoms with Crippen LogP contribution in [0, 0.1) is 0 Å². The van der Waals surface area contributed by atoms with Gasteiger partial charge < -0.3 is 20.1 Å². The third kappa shape index (κ3) is 3.01. The average Bonchev–Trinajstić information content (AvgIpc) is 2.93. The van der Waals surface area contributed by atoms with E-state index in [1.165, 1.54) is 0 Å². The van der Waals surface area contributed by atoms with E-state index in [2.05, 4.69) is 20.6 Å². The fourth-order valence-corrected chi connectivity index (χ4v) is 2.06. The van der Waals surface area contributed by atoms with Gasteiger partial charge in [-0.05, 0) is 19.8 Å². The highest BCUT2D eigenvalue weighted by atomic mass is 16.3. The summed E-state index contributed by atoms with van der Waals surface area (Å²) in [6.45, 7) is 7.27. The van der Waals surface area contributed by atoms with Crippen LogP contribution >= 0.6 is 0 Å². The van der Waals surface area contributed by atoms with Gasteiger partial charge in [-0.2, -0.15) is 0 Å². The van der Waals surface area contributed by atoms with Gasteiger partial charge in [-0.25, -0.2) is 9.97 Å². The molecular weight excluding hydrogens is 254 g/mol. The first-order chi connectivity index (χ1) is 9.61. The molecule has 0 amide bonds. The molecule has 0 atom stereocenters. The molecule has 0 aliphatic rings. The molecule has 0 unspecified atom stereocenters. The minimum absolute atomic E-state index is 0.463. The van der Waals surface area contributed by atoms with E-state index in [0.29, 0.717) is 25.2 Å². The molecule has 0 radical (unpaired) electrons. The summed E-state index contributed by atoms with van der Waals surface area (Å²) in [6.07, 6.45) is 6.93. The lowest BCUT2D eigenvalue weighted by Gasteiger charge is -2.25. The van der Waals surface area contributed by atoms with E-state index in [-0.39, 0.29) is 0 Å². The van der Waals surface area contributed by atoms with Gasteiger partial charge in [0, 0.05) is 25.5 Å². The second-order valence-corrected chi connectivity index (χ2v) is 4.95. The zero-order chi connectivity index (χ0) is 14.6. The van der Waals surface area contributed by atoms with Crippen LogP contribution < -0.4 is 10.6 Å². The molecule has 0 saturated heterocycles. The van der Waals surface area contributed by atoms with E-state index < -0.39 is 5.60 Å². The maximum atomic E-state index is 10.4. The SMILES string of the molecule is CCNc1cn2ccnc2c(NCC(O)(CC)CC)n1. The van der Waals surface area contributed by atoms with Crippen molar-refractivity contribution in [2.75, 3.05) is 23.7 Å². The normalized spacial score (nSPS) is 11.8. The first-order valence-corrected chi connectivity index (χ1v) is 7.15. The Morgan fingerprint density at radius 1 is 1.25 bits per heavy atom. The molecule has 0 aliphatic heterocycles. The number of rotatable bonds is 7. The molecular formula is C14H23N5O. The number of hydrogen-bond donors (Lipinski definition) is 3. The maximum absolute atomic E-state index is 10.4. The Balaban J connectivity index is 2.25.